The summed E-state index contributed by atoms with van der Waals surface area (Å²) in [6.45, 7) is 1.76. The summed E-state index contributed by atoms with van der Waals surface area (Å²) in [5.74, 6) is -1.83. The molecular weight excluding hydrogens is 582 g/mol. The molecule has 7 atom stereocenters. The number of hydrogen-bond acceptors (Lipinski definition) is 10. The molecule has 3 fully saturated rings. The summed E-state index contributed by atoms with van der Waals surface area (Å²) in [6, 6.07) is 13.0. The fraction of sp³-hybridized carbons (Fsp3) is 0.379. The molecule has 7 rings (SSSR count). The van der Waals surface area contributed by atoms with Gasteiger partial charge < -0.3 is 14.5 Å². The number of thioether (sulfide) groups is 1. The molecule has 42 heavy (non-hydrogen) atoms. The van der Waals surface area contributed by atoms with Gasteiger partial charge in [-0.25, -0.2) is 4.79 Å². The Morgan fingerprint density at radius 1 is 1.10 bits per heavy atom. The number of imide groups is 1. The van der Waals surface area contributed by atoms with E-state index >= 15 is 0 Å². The lowest BCUT2D eigenvalue weighted by molar-refractivity contribution is -0.384. The number of rotatable bonds is 7. The Kier molecular flexibility index (Phi) is 6.46. The molecule has 3 heterocycles. The summed E-state index contributed by atoms with van der Waals surface area (Å²) in [5.41, 5.74) is 1.14. The Hall–Kier alpha value is -3.97. The van der Waals surface area contributed by atoms with Crippen molar-refractivity contribution in [3.05, 3.63) is 78.8 Å². The molecular formula is C29H25N3O8S2. The van der Waals surface area contributed by atoms with Crippen LogP contribution < -0.4 is 14.5 Å². The van der Waals surface area contributed by atoms with E-state index in [0.29, 0.717) is 11.4 Å². The molecule has 2 bridgehead atoms. The zero-order valence-electron chi connectivity index (χ0n) is 22.3. The van der Waals surface area contributed by atoms with Crippen molar-refractivity contribution in [3.63, 3.8) is 0 Å². The Morgan fingerprint density at radius 3 is 2.55 bits per heavy atom. The van der Waals surface area contributed by atoms with E-state index in [4.69, 9.17) is 9.47 Å². The second-order valence-electron chi connectivity index (χ2n) is 10.9. The lowest BCUT2D eigenvalue weighted by atomic mass is 9.68. The predicted molar refractivity (Wildman–Crippen MR) is 153 cm³/mol. The molecule has 11 nitrogen and oxygen atoms in total. The van der Waals surface area contributed by atoms with Gasteiger partial charge in [0.1, 0.15) is 5.75 Å². The van der Waals surface area contributed by atoms with Gasteiger partial charge in [0, 0.05) is 28.2 Å². The predicted octanol–water partition coefficient (Wildman–Crippen LogP) is 3.96. The molecule has 0 radical (unpaired) electrons. The largest absolute Gasteiger partial charge is 0.482 e. The highest BCUT2D eigenvalue weighted by Gasteiger charge is 2.69. The summed E-state index contributed by atoms with van der Waals surface area (Å²) in [4.78, 5) is 67.5. The molecule has 1 aromatic heterocycles. The second kappa shape index (κ2) is 10.1. The van der Waals surface area contributed by atoms with Crippen LogP contribution >= 0.6 is 23.1 Å². The highest BCUT2D eigenvalue weighted by atomic mass is 32.2. The van der Waals surface area contributed by atoms with Gasteiger partial charge in [0.05, 0.1) is 34.1 Å². The molecule has 2 amide bonds. The van der Waals surface area contributed by atoms with Crippen molar-refractivity contribution >= 4 is 52.3 Å². The van der Waals surface area contributed by atoms with E-state index < -0.39 is 22.7 Å². The third kappa shape index (κ3) is 4.09. The molecule has 13 heteroatoms. The number of fused-ring (bicyclic) bond motifs is 9. The molecule has 1 N–H and O–H groups in total. The second-order valence-corrected chi connectivity index (χ2v) is 13.1. The zero-order valence-corrected chi connectivity index (χ0v) is 23.9. The number of esters is 1. The van der Waals surface area contributed by atoms with Crippen LogP contribution in [-0.4, -0.2) is 46.2 Å². The van der Waals surface area contributed by atoms with Crippen molar-refractivity contribution in [3.8, 4) is 5.75 Å². The third-order valence-electron chi connectivity index (χ3n) is 8.92. The van der Waals surface area contributed by atoms with Gasteiger partial charge in [-0.15, -0.1) is 11.8 Å². The van der Waals surface area contributed by atoms with Crippen LogP contribution in [0.5, 0.6) is 5.75 Å². The van der Waals surface area contributed by atoms with E-state index in [1.54, 1.807) is 24.8 Å². The standard InChI is InChI=1S/C29H25N3O8S2/c1-2-39-19(33)12-40-16-5-3-4-13(10-16)20-21-17-11-18(24(21)41-26-25(20)42-29(36)30-26)23-22(17)27(34)31(28(23)35)14-6-8-15(9-7-14)32(37)38/h3-10,17-18,20-24H,2,11-12H2,1H3,(H,30,36)/t17-,18-,20+,21-,22+,23+,24-/m1/s1. The molecule has 2 aliphatic heterocycles. The quantitative estimate of drug-likeness (QED) is 0.182. The highest BCUT2D eigenvalue weighted by molar-refractivity contribution is 8.00. The van der Waals surface area contributed by atoms with Gasteiger partial charge in [-0.1, -0.05) is 23.5 Å². The first-order valence-corrected chi connectivity index (χ1v) is 15.4. The smallest absolute Gasteiger partial charge is 0.344 e. The van der Waals surface area contributed by atoms with E-state index in [-0.39, 0.29) is 64.5 Å². The number of benzene rings is 2. The fourth-order valence-corrected chi connectivity index (χ4v) is 10.4. The first-order chi connectivity index (χ1) is 20.3. The highest BCUT2D eigenvalue weighted by Crippen LogP contribution is 2.68. The number of anilines is 1. The van der Waals surface area contributed by atoms with Crippen molar-refractivity contribution < 1.29 is 28.8 Å². The number of nitrogens with one attached hydrogen (secondary N) is 1. The minimum absolute atomic E-state index is 0.00549. The fourth-order valence-electron chi connectivity index (χ4n) is 7.51. The molecule has 2 saturated carbocycles. The van der Waals surface area contributed by atoms with E-state index in [9.17, 15) is 29.3 Å². The van der Waals surface area contributed by atoms with Crippen LogP contribution in [0.2, 0.25) is 0 Å². The molecule has 3 aromatic rings. The number of carbonyl (C=O) groups excluding carboxylic acids is 3. The number of aromatic amines is 1. The normalized spacial score (nSPS) is 28.8. The zero-order chi connectivity index (χ0) is 29.3. The summed E-state index contributed by atoms with van der Waals surface area (Å²) < 4.78 is 10.7. The van der Waals surface area contributed by atoms with E-state index in [1.165, 1.54) is 29.2 Å². The minimum Gasteiger partial charge on any atom is -0.482 e. The lowest BCUT2D eigenvalue weighted by Gasteiger charge is -2.43. The maximum atomic E-state index is 13.9. The molecule has 216 valence electrons. The van der Waals surface area contributed by atoms with Crippen molar-refractivity contribution in [2.24, 2.45) is 29.6 Å². The number of nitro benzene ring substituents is 1. The summed E-state index contributed by atoms with van der Waals surface area (Å²) in [5, 5.41) is 11.9. The Balaban J connectivity index is 1.23. The number of H-pyrrole nitrogens is 1. The topological polar surface area (TPSA) is 149 Å². The van der Waals surface area contributed by atoms with Crippen LogP contribution in [0, 0.1) is 39.7 Å². The number of amides is 2. The van der Waals surface area contributed by atoms with Crippen LogP contribution in [0.15, 0.2) is 58.4 Å². The van der Waals surface area contributed by atoms with Crippen molar-refractivity contribution in [2.45, 2.75) is 29.5 Å². The maximum Gasteiger partial charge on any atom is 0.344 e. The number of aromatic nitrogens is 1. The number of non-ortho nitro benzene ring substituents is 1. The van der Waals surface area contributed by atoms with Crippen molar-refractivity contribution in [1.29, 1.82) is 0 Å². The minimum atomic E-state index is -0.520. The lowest BCUT2D eigenvalue weighted by Crippen LogP contribution is -2.42. The first-order valence-electron chi connectivity index (χ1n) is 13.7. The van der Waals surface area contributed by atoms with Crippen LogP contribution in [0.1, 0.15) is 29.7 Å². The van der Waals surface area contributed by atoms with Gasteiger partial charge in [0.15, 0.2) is 6.61 Å². The number of ether oxygens (including phenoxy) is 2. The Labute approximate surface area is 247 Å². The molecule has 0 unspecified atom stereocenters. The van der Waals surface area contributed by atoms with E-state index in [1.807, 2.05) is 18.2 Å². The monoisotopic (exact) mass is 607 g/mol. The number of thiazole rings is 1. The Bertz CT molecular complexity index is 1680. The molecule has 2 aromatic carbocycles. The van der Waals surface area contributed by atoms with Crippen LogP contribution in [0.3, 0.4) is 0 Å². The average Bonchev–Trinajstić information content (AvgIpc) is 3.71. The summed E-state index contributed by atoms with van der Waals surface area (Å²) in [6.07, 6.45) is 0.734. The van der Waals surface area contributed by atoms with E-state index in [0.717, 1.165) is 33.2 Å². The summed E-state index contributed by atoms with van der Waals surface area (Å²) in [7, 11) is 0. The molecule has 0 spiro atoms. The van der Waals surface area contributed by atoms with Gasteiger partial charge in [0.2, 0.25) is 11.8 Å². The van der Waals surface area contributed by atoms with Gasteiger partial charge in [-0.05, 0) is 60.9 Å². The van der Waals surface area contributed by atoms with Gasteiger partial charge in [0.25, 0.3) is 5.69 Å². The summed E-state index contributed by atoms with van der Waals surface area (Å²) >= 11 is 2.76. The third-order valence-corrected chi connectivity index (χ3v) is 11.5. The molecule has 4 aliphatic rings. The first kappa shape index (κ1) is 26.9. The number of nitrogens with zero attached hydrogens (tertiary/aromatic N) is 2. The van der Waals surface area contributed by atoms with Crippen LogP contribution in [-0.2, 0) is 19.1 Å². The number of nitro groups is 1. The maximum absolute atomic E-state index is 13.9. The SMILES string of the molecule is CCOC(=O)COc1cccc([C@@H]2c3sc(=O)[nH]c3S[C@@H]3[C@@H]4C[C@@H]([C@@H]5C(=O)N(c6ccc([N+](=O)[O-])cc6)C(=O)[C@@H]45)[C@H]23)c1. The van der Waals surface area contributed by atoms with Crippen LogP contribution in [0.25, 0.3) is 0 Å². The van der Waals surface area contributed by atoms with Crippen molar-refractivity contribution in [2.75, 3.05) is 18.1 Å². The van der Waals surface area contributed by atoms with E-state index in [2.05, 4.69) is 4.98 Å². The Morgan fingerprint density at radius 2 is 1.83 bits per heavy atom. The number of carbonyl (C=O) groups is 3. The van der Waals surface area contributed by atoms with Crippen LogP contribution in [0.4, 0.5) is 11.4 Å². The van der Waals surface area contributed by atoms with Gasteiger partial charge in [-0.2, -0.15) is 0 Å². The van der Waals surface area contributed by atoms with Gasteiger partial charge in [-0.3, -0.25) is 29.4 Å². The molecule has 1 saturated heterocycles. The van der Waals surface area contributed by atoms with Crippen molar-refractivity contribution in [1.82, 2.24) is 4.98 Å². The molecule has 2 aliphatic carbocycles. The average molecular weight is 608 g/mol. The number of hydrogen-bond donors (Lipinski definition) is 1. The van der Waals surface area contributed by atoms with Gasteiger partial charge >= 0.3 is 10.8 Å².